The van der Waals surface area contributed by atoms with E-state index in [0.717, 1.165) is 13.0 Å². The molecule has 1 heterocycles. The second-order valence-corrected chi connectivity index (χ2v) is 4.93. The Morgan fingerprint density at radius 3 is 3.10 bits per heavy atom. The lowest BCUT2D eigenvalue weighted by Gasteiger charge is -2.23. The third-order valence-electron chi connectivity index (χ3n) is 3.43. The summed E-state index contributed by atoms with van der Waals surface area (Å²) in [7, 11) is 1.59. The number of carbonyl (C=O) groups is 1. The molecule has 1 saturated heterocycles. The zero-order valence-corrected chi connectivity index (χ0v) is 11.9. The number of anilines is 1. The molecule has 1 aliphatic heterocycles. The Balaban J connectivity index is 1.69. The van der Waals surface area contributed by atoms with Gasteiger partial charge in [0.2, 0.25) is 0 Å². The Morgan fingerprint density at radius 1 is 1.45 bits per heavy atom. The van der Waals surface area contributed by atoms with Crippen LogP contribution in [0.4, 0.5) is 10.5 Å². The van der Waals surface area contributed by atoms with E-state index < -0.39 is 6.09 Å². The summed E-state index contributed by atoms with van der Waals surface area (Å²) < 4.78 is 10.3. The molecule has 0 aliphatic carbocycles. The van der Waals surface area contributed by atoms with Gasteiger partial charge in [0.15, 0.2) is 0 Å². The van der Waals surface area contributed by atoms with Crippen LogP contribution in [0.25, 0.3) is 0 Å². The predicted molar refractivity (Wildman–Crippen MR) is 78.2 cm³/mol. The van der Waals surface area contributed by atoms with Gasteiger partial charge in [-0.05, 0) is 37.9 Å². The van der Waals surface area contributed by atoms with Gasteiger partial charge in [0.25, 0.3) is 0 Å². The quantitative estimate of drug-likeness (QED) is 0.869. The Bertz CT molecular complexity index is 431. The smallest absolute Gasteiger partial charge is 0.411 e. The topological polar surface area (TPSA) is 59.6 Å². The molecule has 0 bridgehead atoms. The second kappa shape index (κ2) is 7.75. The number of hydrogen-bond donors (Lipinski definition) is 2. The molecule has 0 radical (unpaired) electrons. The predicted octanol–water partition coefficient (Wildman–Crippen LogP) is 2.78. The van der Waals surface area contributed by atoms with Crippen LogP contribution in [0.2, 0.25) is 0 Å². The first-order chi connectivity index (χ1) is 9.78. The van der Waals surface area contributed by atoms with Gasteiger partial charge in [-0.15, -0.1) is 0 Å². The highest BCUT2D eigenvalue weighted by Crippen LogP contribution is 2.17. The van der Waals surface area contributed by atoms with Gasteiger partial charge in [0.05, 0.1) is 13.7 Å². The van der Waals surface area contributed by atoms with Crippen LogP contribution in [0.1, 0.15) is 25.7 Å². The number of piperidine rings is 1. The van der Waals surface area contributed by atoms with Gasteiger partial charge < -0.3 is 14.8 Å². The summed E-state index contributed by atoms with van der Waals surface area (Å²) in [5, 5.41) is 6.12. The van der Waals surface area contributed by atoms with Crippen LogP contribution < -0.4 is 15.4 Å². The summed E-state index contributed by atoms with van der Waals surface area (Å²) in [5.74, 6) is 0.703. The van der Waals surface area contributed by atoms with Crippen LogP contribution >= 0.6 is 0 Å². The van der Waals surface area contributed by atoms with Crippen molar-refractivity contribution in [1.29, 1.82) is 0 Å². The number of benzene rings is 1. The average Bonchev–Trinajstić information content (AvgIpc) is 2.48. The van der Waals surface area contributed by atoms with E-state index in [4.69, 9.17) is 9.47 Å². The highest BCUT2D eigenvalue weighted by molar-refractivity contribution is 5.84. The number of carbonyl (C=O) groups excluding carboxylic acids is 1. The fraction of sp³-hybridized carbons (Fsp3) is 0.533. The molecule has 1 atom stereocenters. The van der Waals surface area contributed by atoms with E-state index in [1.54, 1.807) is 19.2 Å². The number of methoxy groups -OCH3 is 1. The summed E-state index contributed by atoms with van der Waals surface area (Å²) in [6.45, 7) is 1.51. The van der Waals surface area contributed by atoms with Crippen LogP contribution in [-0.4, -0.2) is 32.4 Å². The lowest BCUT2D eigenvalue weighted by Crippen LogP contribution is -2.35. The van der Waals surface area contributed by atoms with E-state index in [2.05, 4.69) is 10.6 Å². The van der Waals surface area contributed by atoms with E-state index in [9.17, 15) is 4.79 Å². The van der Waals surface area contributed by atoms with Gasteiger partial charge in [-0.2, -0.15) is 0 Å². The van der Waals surface area contributed by atoms with E-state index in [1.807, 2.05) is 12.1 Å². The maximum absolute atomic E-state index is 11.7. The molecule has 110 valence electrons. The minimum atomic E-state index is -0.422. The van der Waals surface area contributed by atoms with Gasteiger partial charge in [0, 0.05) is 17.8 Å². The fourth-order valence-electron chi connectivity index (χ4n) is 2.32. The normalized spacial score (nSPS) is 18.4. The van der Waals surface area contributed by atoms with Crippen LogP contribution in [0.3, 0.4) is 0 Å². The van der Waals surface area contributed by atoms with Crippen molar-refractivity contribution < 1.29 is 14.3 Å². The van der Waals surface area contributed by atoms with Gasteiger partial charge in [-0.3, -0.25) is 5.32 Å². The lowest BCUT2D eigenvalue weighted by molar-refractivity contribution is 0.153. The van der Waals surface area contributed by atoms with E-state index >= 15 is 0 Å². The summed E-state index contributed by atoms with van der Waals surface area (Å²) in [4.78, 5) is 11.7. The van der Waals surface area contributed by atoms with Gasteiger partial charge >= 0.3 is 6.09 Å². The third kappa shape index (κ3) is 4.74. The molecule has 1 aromatic carbocycles. The van der Waals surface area contributed by atoms with Crippen LogP contribution in [0.5, 0.6) is 5.75 Å². The molecule has 1 unspecified atom stereocenters. The molecule has 2 N–H and O–H groups in total. The molecule has 1 amide bonds. The molecular weight excluding hydrogens is 256 g/mol. The molecule has 0 aromatic heterocycles. The minimum absolute atomic E-state index is 0.422. The first-order valence-corrected chi connectivity index (χ1v) is 7.09. The second-order valence-electron chi connectivity index (χ2n) is 4.93. The van der Waals surface area contributed by atoms with Crippen LogP contribution in [0, 0.1) is 0 Å². The lowest BCUT2D eigenvalue weighted by atomic mass is 10.0. The number of rotatable bonds is 5. The number of amides is 1. The van der Waals surface area contributed by atoms with Crippen molar-refractivity contribution in [2.75, 3.05) is 25.6 Å². The zero-order chi connectivity index (χ0) is 14.2. The molecule has 5 heteroatoms. The first kappa shape index (κ1) is 14.7. The standard InChI is InChI=1S/C15H22N2O3/c1-19-14-7-4-6-13(11-14)17-15(18)20-10-8-12-5-2-3-9-16-12/h4,6-7,11-12,16H,2-3,5,8-10H2,1H3,(H,17,18). The number of ether oxygens (including phenoxy) is 2. The monoisotopic (exact) mass is 278 g/mol. The fourth-order valence-corrected chi connectivity index (χ4v) is 2.32. The maximum Gasteiger partial charge on any atom is 0.411 e. The van der Waals surface area contributed by atoms with Crippen molar-refractivity contribution in [3.8, 4) is 5.75 Å². The molecule has 0 spiro atoms. The highest BCUT2D eigenvalue weighted by atomic mass is 16.5. The number of hydrogen-bond acceptors (Lipinski definition) is 4. The van der Waals surface area contributed by atoms with Crippen molar-refractivity contribution in [3.05, 3.63) is 24.3 Å². The minimum Gasteiger partial charge on any atom is -0.497 e. The van der Waals surface area contributed by atoms with Gasteiger partial charge in [-0.25, -0.2) is 4.79 Å². The summed E-state index contributed by atoms with van der Waals surface area (Å²) in [5.41, 5.74) is 0.671. The van der Waals surface area contributed by atoms with Crippen LogP contribution in [0.15, 0.2) is 24.3 Å². The Kier molecular flexibility index (Phi) is 5.68. The molecular formula is C15H22N2O3. The van der Waals surface area contributed by atoms with Gasteiger partial charge in [0.1, 0.15) is 5.75 Å². The maximum atomic E-state index is 11.7. The molecule has 1 aliphatic rings. The summed E-state index contributed by atoms with van der Waals surface area (Å²) in [6, 6.07) is 7.68. The first-order valence-electron chi connectivity index (χ1n) is 7.09. The Morgan fingerprint density at radius 2 is 2.35 bits per heavy atom. The van der Waals surface area contributed by atoms with E-state index in [-0.39, 0.29) is 0 Å². The Labute approximate surface area is 119 Å². The van der Waals surface area contributed by atoms with E-state index in [0.29, 0.717) is 24.1 Å². The van der Waals surface area contributed by atoms with Gasteiger partial charge in [-0.1, -0.05) is 12.5 Å². The SMILES string of the molecule is COc1cccc(NC(=O)OCCC2CCCCN2)c1. The molecule has 1 aromatic rings. The number of nitrogens with one attached hydrogen (secondary N) is 2. The van der Waals surface area contributed by atoms with Crippen molar-refractivity contribution in [2.45, 2.75) is 31.7 Å². The highest BCUT2D eigenvalue weighted by Gasteiger charge is 2.13. The van der Waals surface area contributed by atoms with Crippen LogP contribution in [-0.2, 0) is 4.74 Å². The molecule has 0 saturated carbocycles. The molecule has 2 rings (SSSR count). The Hall–Kier alpha value is -1.75. The largest absolute Gasteiger partial charge is 0.497 e. The summed E-state index contributed by atoms with van der Waals surface area (Å²) >= 11 is 0. The van der Waals surface area contributed by atoms with Crippen molar-refractivity contribution in [2.24, 2.45) is 0 Å². The van der Waals surface area contributed by atoms with Crippen molar-refractivity contribution in [3.63, 3.8) is 0 Å². The molecule has 1 fully saturated rings. The summed E-state index contributed by atoms with van der Waals surface area (Å²) in [6.07, 6.45) is 4.11. The average molecular weight is 278 g/mol. The molecule has 20 heavy (non-hydrogen) atoms. The van der Waals surface area contributed by atoms with Crippen molar-refractivity contribution >= 4 is 11.8 Å². The van der Waals surface area contributed by atoms with E-state index in [1.165, 1.54) is 19.3 Å². The third-order valence-corrected chi connectivity index (χ3v) is 3.43. The molecule has 5 nitrogen and oxygen atoms in total. The van der Waals surface area contributed by atoms with Crippen molar-refractivity contribution in [1.82, 2.24) is 5.32 Å². The zero-order valence-electron chi connectivity index (χ0n) is 11.9.